The molecular weight excluding hydrogens is 242 g/mol. The summed E-state index contributed by atoms with van der Waals surface area (Å²) >= 11 is 0. The number of amides is 1. The van der Waals surface area contributed by atoms with E-state index in [0.29, 0.717) is 13.1 Å². The van der Waals surface area contributed by atoms with Gasteiger partial charge in [0.05, 0.1) is 0 Å². The van der Waals surface area contributed by atoms with E-state index in [0.717, 1.165) is 12.5 Å². The average Bonchev–Trinajstić information content (AvgIpc) is 2.23. The Morgan fingerprint density at radius 1 is 1.42 bits per heavy atom. The standard InChI is InChI=1S/C14H29N3O2/c1-14(2,3)19-13(18)17-10-12(9-15)16-8-7-11-5-4-6-11/h11-12,16H,4-10,15H2,1-3H3,(H,17,18). The first-order valence-electron chi connectivity index (χ1n) is 7.31. The predicted octanol–water partition coefficient (Wildman–Crippen LogP) is 1.62. The number of carbonyl (C=O) groups excluding carboxylic acids is 1. The average molecular weight is 271 g/mol. The zero-order valence-electron chi connectivity index (χ0n) is 12.5. The maximum Gasteiger partial charge on any atom is 0.407 e. The fourth-order valence-corrected chi connectivity index (χ4v) is 2.03. The molecule has 0 aromatic heterocycles. The largest absolute Gasteiger partial charge is 0.444 e. The minimum absolute atomic E-state index is 0.118. The van der Waals surface area contributed by atoms with Gasteiger partial charge >= 0.3 is 6.09 Å². The van der Waals surface area contributed by atoms with Crippen molar-refractivity contribution < 1.29 is 9.53 Å². The summed E-state index contributed by atoms with van der Waals surface area (Å²) in [5, 5.41) is 6.14. The summed E-state index contributed by atoms with van der Waals surface area (Å²) in [5.74, 6) is 0.893. The summed E-state index contributed by atoms with van der Waals surface area (Å²) in [7, 11) is 0. The van der Waals surface area contributed by atoms with E-state index in [9.17, 15) is 4.79 Å². The molecule has 0 spiro atoms. The van der Waals surface area contributed by atoms with Crippen LogP contribution in [0, 0.1) is 5.92 Å². The summed E-state index contributed by atoms with van der Waals surface area (Å²) in [6.45, 7) is 7.55. The molecule has 0 saturated heterocycles. The fraction of sp³-hybridized carbons (Fsp3) is 0.929. The maximum absolute atomic E-state index is 11.5. The van der Waals surface area contributed by atoms with Crippen molar-refractivity contribution in [1.29, 1.82) is 0 Å². The summed E-state index contributed by atoms with van der Waals surface area (Å²) in [5.41, 5.74) is 5.24. The van der Waals surface area contributed by atoms with Crippen molar-refractivity contribution in [2.45, 2.75) is 58.1 Å². The van der Waals surface area contributed by atoms with Gasteiger partial charge in [0, 0.05) is 19.1 Å². The highest BCUT2D eigenvalue weighted by Gasteiger charge is 2.18. The van der Waals surface area contributed by atoms with Crippen LogP contribution in [0.5, 0.6) is 0 Å². The Balaban J connectivity index is 2.11. The zero-order chi connectivity index (χ0) is 14.3. The van der Waals surface area contributed by atoms with E-state index >= 15 is 0 Å². The molecule has 0 aromatic rings. The van der Waals surface area contributed by atoms with Gasteiger partial charge in [-0.15, -0.1) is 0 Å². The first-order valence-corrected chi connectivity index (χ1v) is 7.31. The van der Waals surface area contributed by atoms with Crippen molar-refractivity contribution in [3.63, 3.8) is 0 Å². The second-order valence-corrected chi connectivity index (χ2v) is 6.36. The Bertz CT molecular complexity index is 272. The Kier molecular flexibility index (Phi) is 6.58. The first-order chi connectivity index (χ1) is 8.90. The number of hydrogen-bond donors (Lipinski definition) is 3. The van der Waals surface area contributed by atoms with E-state index in [1.165, 1.54) is 25.7 Å². The van der Waals surface area contributed by atoms with Crippen LogP contribution in [0.3, 0.4) is 0 Å². The van der Waals surface area contributed by atoms with Crippen LogP contribution >= 0.6 is 0 Å². The molecule has 0 bridgehead atoms. The van der Waals surface area contributed by atoms with Crippen molar-refractivity contribution in [3.8, 4) is 0 Å². The molecule has 1 saturated carbocycles. The molecule has 0 aliphatic heterocycles. The molecule has 1 unspecified atom stereocenters. The van der Waals surface area contributed by atoms with Crippen molar-refractivity contribution in [1.82, 2.24) is 10.6 Å². The molecule has 5 nitrogen and oxygen atoms in total. The number of ether oxygens (including phenoxy) is 1. The van der Waals surface area contributed by atoms with Gasteiger partial charge in [-0.1, -0.05) is 19.3 Å². The number of carbonyl (C=O) groups is 1. The van der Waals surface area contributed by atoms with E-state index in [2.05, 4.69) is 10.6 Å². The SMILES string of the molecule is CC(C)(C)OC(=O)NCC(CN)NCCC1CCC1. The third kappa shape index (κ3) is 7.38. The normalized spacial score (nSPS) is 17.7. The summed E-state index contributed by atoms with van der Waals surface area (Å²) in [6.07, 6.45) is 4.94. The van der Waals surface area contributed by atoms with E-state index in [1.807, 2.05) is 20.8 Å². The summed E-state index contributed by atoms with van der Waals surface area (Å²) in [4.78, 5) is 11.5. The molecule has 0 heterocycles. The Morgan fingerprint density at radius 3 is 2.58 bits per heavy atom. The van der Waals surface area contributed by atoms with Crippen molar-refractivity contribution >= 4 is 6.09 Å². The lowest BCUT2D eigenvalue weighted by molar-refractivity contribution is 0.0523. The Morgan fingerprint density at radius 2 is 2.11 bits per heavy atom. The van der Waals surface area contributed by atoms with E-state index in [1.54, 1.807) is 0 Å². The lowest BCUT2D eigenvalue weighted by atomic mass is 9.83. The van der Waals surface area contributed by atoms with Crippen LogP contribution in [-0.2, 0) is 4.74 Å². The predicted molar refractivity (Wildman–Crippen MR) is 77.0 cm³/mol. The highest BCUT2D eigenvalue weighted by Crippen LogP contribution is 2.28. The quantitative estimate of drug-likeness (QED) is 0.657. The van der Waals surface area contributed by atoms with E-state index in [4.69, 9.17) is 10.5 Å². The van der Waals surface area contributed by atoms with Gasteiger partial charge in [0.25, 0.3) is 0 Å². The molecule has 5 heteroatoms. The van der Waals surface area contributed by atoms with Crippen LogP contribution in [0.2, 0.25) is 0 Å². The number of nitrogens with two attached hydrogens (primary N) is 1. The molecule has 1 aliphatic carbocycles. The van der Waals surface area contributed by atoms with Gasteiger partial charge in [-0.2, -0.15) is 0 Å². The van der Waals surface area contributed by atoms with Gasteiger partial charge < -0.3 is 21.1 Å². The molecule has 0 radical (unpaired) electrons. The van der Waals surface area contributed by atoms with Crippen molar-refractivity contribution in [2.24, 2.45) is 11.7 Å². The molecular formula is C14H29N3O2. The van der Waals surface area contributed by atoms with Gasteiger partial charge in [-0.3, -0.25) is 0 Å². The highest BCUT2D eigenvalue weighted by atomic mass is 16.6. The highest BCUT2D eigenvalue weighted by molar-refractivity contribution is 5.67. The van der Waals surface area contributed by atoms with Crippen LogP contribution in [0.25, 0.3) is 0 Å². The van der Waals surface area contributed by atoms with Crippen LogP contribution < -0.4 is 16.4 Å². The van der Waals surface area contributed by atoms with Gasteiger partial charge in [0.2, 0.25) is 0 Å². The minimum atomic E-state index is -0.458. The summed E-state index contributed by atoms with van der Waals surface area (Å²) in [6, 6.07) is 0.118. The monoisotopic (exact) mass is 271 g/mol. The van der Waals surface area contributed by atoms with Gasteiger partial charge in [-0.25, -0.2) is 4.79 Å². The molecule has 0 aromatic carbocycles. The lowest BCUT2D eigenvalue weighted by Crippen LogP contribution is -2.47. The molecule has 4 N–H and O–H groups in total. The molecule has 1 atom stereocenters. The topological polar surface area (TPSA) is 76.4 Å². The Labute approximate surface area is 116 Å². The number of rotatable bonds is 7. The maximum atomic E-state index is 11.5. The van der Waals surface area contributed by atoms with Crippen LogP contribution in [0.1, 0.15) is 46.5 Å². The lowest BCUT2D eigenvalue weighted by Gasteiger charge is -2.26. The third-order valence-corrected chi connectivity index (χ3v) is 3.39. The van der Waals surface area contributed by atoms with Gasteiger partial charge in [0.15, 0.2) is 0 Å². The smallest absolute Gasteiger partial charge is 0.407 e. The fourth-order valence-electron chi connectivity index (χ4n) is 2.03. The third-order valence-electron chi connectivity index (χ3n) is 3.39. The minimum Gasteiger partial charge on any atom is -0.444 e. The number of alkyl carbamates (subject to hydrolysis) is 1. The molecule has 1 amide bonds. The summed E-state index contributed by atoms with van der Waals surface area (Å²) < 4.78 is 5.18. The molecule has 1 rings (SSSR count). The molecule has 1 fully saturated rings. The van der Waals surface area contributed by atoms with Crippen LogP contribution in [-0.4, -0.2) is 37.4 Å². The van der Waals surface area contributed by atoms with E-state index in [-0.39, 0.29) is 12.1 Å². The number of hydrogen-bond acceptors (Lipinski definition) is 4. The van der Waals surface area contributed by atoms with Gasteiger partial charge in [0.1, 0.15) is 5.60 Å². The number of nitrogens with one attached hydrogen (secondary N) is 2. The Hall–Kier alpha value is -0.810. The molecule has 112 valence electrons. The van der Waals surface area contributed by atoms with E-state index < -0.39 is 5.60 Å². The van der Waals surface area contributed by atoms with Crippen LogP contribution in [0.4, 0.5) is 4.79 Å². The molecule has 1 aliphatic rings. The van der Waals surface area contributed by atoms with Gasteiger partial charge in [-0.05, 0) is 39.7 Å². The molecule has 19 heavy (non-hydrogen) atoms. The van der Waals surface area contributed by atoms with Crippen LogP contribution in [0.15, 0.2) is 0 Å². The zero-order valence-corrected chi connectivity index (χ0v) is 12.5. The second-order valence-electron chi connectivity index (χ2n) is 6.36. The van der Waals surface area contributed by atoms with Crippen molar-refractivity contribution in [2.75, 3.05) is 19.6 Å². The first kappa shape index (κ1) is 16.2. The van der Waals surface area contributed by atoms with Crippen molar-refractivity contribution in [3.05, 3.63) is 0 Å². The second kappa shape index (κ2) is 7.70.